The minimum atomic E-state index is -0.304. The van der Waals surface area contributed by atoms with Crippen LogP contribution in [0.2, 0.25) is 0 Å². The molecule has 3 aliphatic carbocycles. The number of hydrogen-bond acceptors (Lipinski definition) is 2. The molecule has 0 aliphatic heterocycles. The van der Waals surface area contributed by atoms with Crippen molar-refractivity contribution in [3.8, 4) is 22.3 Å². The summed E-state index contributed by atoms with van der Waals surface area (Å²) < 4.78 is 6.14. The summed E-state index contributed by atoms with van der Waals surface area (Å²) in [6.07, 6.45) is 6.83. The van der Waals surface area contributed by atoms with Gasteiger partial charge in [0.2, 0.25) is 0 Å². The molecule has 3 aliphatic rings. The Balaban J connectivity index is 1.07. The fraction of sp³-hybridized carbons (Fsp3) is 0.0698. The van der Waals surface area contributed by atoms with E-state index in [1.54, 1.807) is 0 Å². The third kappa shape index (κ3) is 3.30. The van der Waals surface area contributed by atoms with Gasteiger partial charge in [-0.25, -0.2) is 0 Å². The van der Waals surface area contributed by atoms with Crippen LogP contribution in [0, 0.1) is 12.1 Å². The zero-order valence-electron chi connectivity index (χ0n) is 24.5. The van der Waals surface area contributed by atoms with Gasteiger partial charge in [-0.15, -0.1) is 0 Å². The zero-order valence-corrected chi connectivity index (χ0v) is 24.5. The average Bonchev–Trinajstić information content (AvgIpc) is 3.73. The second-order valence-corrected chi connectivity index (χ2v) is 12.2. The molecule has 0 amide bonds. The largest absolute Gasteiger partial charge is 0.456 e. The summed E-state index contributed by atoms with van der Waals surface area (Å²) in [5.41, 5.74) is 16.6. The Morgan fingerprint density at radius 3 is 2.22 bits per heavy atom. The molecule has 0 atom stereocenters. The number of rotatable bonds is 3. The average molecular weight is 574 g/mol. The Labute approximate surface area is 262 Å². The molecule has 0 unspecified atom stereocenters. The first-order valence-electron chi connectivity index (χ1n) is 15.7. The van der Waals surface area contributed by atoms with Crippen molar-refractivity contribution >= 4 is 38.9 Å². The summed E-state index contributed by atoms with van der Waals surface area (Å²) in [6, 6.07) is 50.4. The molecule has 0 saturated carbocycles. The number of anilines is 2. The Morgan fingerprint density at radius 1 is 0.644 bits per heavy atom. The van der Waals surface area contributed by atoms with Gasteiger partial charge in [0, 0.05) is 27.6 Å². The SMILES string of the molecule is c1c(Nc2cccc3c2C2=C(C=CCC2)C32c3ccccc3-c3ccccc32)ccc(-c2ccc3c(c2)oc2ccccc23)c#1. The molecular weight excluding hydrogens is 546 g/mol. The molecule has 6 aromatic carbocycles. The molecule has 2 nitrogen and oxygen atoms in total. The van der Waals surface area contributed by atoms with E-state index < -0.39 is 0 Å². The van der Waals surface area contributed by atoms with Crippen molar-refractivity contribution in [2.75, 3.05) is 5.32 Å². The predicted octanol–water partition coefficient (Wildman–Crippen LogP) is 11.0. The fourth-order valence-electron chi connectivity index (χ4n) is 8.19. The molecule has 1 spiro atoms. The quantitative estimate of drug-likeness (QED) is 0.227. The highest BCUT2D eigenvalue weighted by Gasteiger charge is 2.52. The van der Waals surface area contributed by atoms with E-state index in [1.807, 2.05) is 12.1 Å². The lowest BCUT2D eigenvalue weighted by molar-refractivity contribution is 0.669. The third-order valence-corrected chi connectivity index (χ3v) is 10.0. The van der Waals surface area contributed by atoms with Crippen molar-refractivity contribution < 1.29 is 4.42 Å². The monoisotopic (exact) mass is 573 g/mol. The summed E-state index contributed by atoms with van der Waals surface area (Å²) >= 11 is 0. The second-order valence-electron chi connectivity index (χ2n) is 12.2. The molecule has 1 N–H and O–H groups in total. The standard InChI is InChI=1S/C43H27NO/c1-5-14-35-30(10-1)31-11-2-6-15-36(31)43(35)37-16-7-3-13-34(37)42-38(43)17-9-18-39(42)44-29-23-20-27(21-24-29)28-22-25-33-32-12-4-8-19-40(32)45-41(33)26-28/h1-2,4-12,14-20,22-23,25-26,44H,3,13H2. The second kappa shape index (κ2) is 9.11. The predicted molar refractivity (Wildman–Crippen MR) is 184 cm³/mol. The van der Waals surface area contributed by atoms with Crippen molar-refractivity contribution in [2.24, 2.45) is 0 Å². The van der Waals surface area contributed by atoms with E-state index in [4.69, 9.17) is 4.42 Å². The summed E-state index contributed by atoms with van der Waals surface area (Å²) in [7, 11) is 0. The molecule has 2 heteroatoms. The van der Waals surface area contributed by atoms with E-state index in [-0.39, 0.29) is 5.41 Å². The van der Waals surface area contributed by atoms with Crippen molar-refractivity contribution in [3.05, 3.63) is 173 Å². The van der Waals surface area contributed by atoms with Crippen LogP contribution in [-0.4, -0.2) is 0 Å². The number of furan rings is 1. The van der Waals surface area contributed by atoms with Gasteiger partial charge in [0.1, 0.15) is 11.2 Å². The van der Waals surface area contributed by atoms with Crippen LogP contribution in [0.25, 0.3) is 49.8 Å². The highest BCUT2D eigenvalue weighted by Crippen LogP contribution is 2.64. The lowest BCUT2D eigenvalue weighted by Crippen LogP contribution is -2.27. The molecule has 0 radical (unpaired) electrons. The van der Waals surface area contributed by atoms with Gasteiger partial charge < -0.3 is 9.73 Å². The van der Waals surface area contributed by atoms with E-state index >= 15 is 0 Å². The van der Waals surface area contributed by atoms with Crippen LogP contribution in [-0.2, 0) is 5.41 Å². The molecule has 45 heavy (non-hydrogen) atoms. The molecule has 1 heterocycles. The summed E-state index contributed by atoms with van der Waals surface area (Å²) in [5.74, 6) is 0. The van der Waals surface area contributed by atoms with Crippen LogP contribution in [0.3, 0.4) is 0 Å². The summed E-state index contributed by atoms with van der Waals surface area (Å²) in [6.45, 7) is 0. The smallest absolute Gasteiger partial charge is 0.136 e. The van der Waals surface area contributed by atoms with Crippen LogP contribution in [0.4, 0.5) is 11.4 Å². The van der Waals surface area contributed by atoms with Crippen LogP contribution in [0.5, 0.6) is 0 Å². The fourth-order valence-corrected chi connectivity index (χ4v) is 8.19. The number of hydrogen-bond donors (Lipinski definition) is 1. The zero-order chi connectivity index (χ0) is 29.5. The maximum atomic E-state index is 6.14. The van der Waals surface area contributed by atoms with Gasteiger partial charge in [-0.2, -0.15) is 0 Å². The van der Waals surface area contributed by atoms with Crippen LogP contribution >= 0.6 is 0 Å². The Kier molecular flexibility index (Phi) is 4.99. The lowest BCUT2D eigenvalue weighted by Gasteiger charge is -2.32. The molecule has 0 bridgehead atoms. The Hall–Kier alpha value is -5.78. The van der Waals surface area contributed by atoms with Crippen molar-refractivity contribution in [1.82, 2.24) is 0 Å². The molecule has 1 aromatic heterocycles. The van der Waals surface area contributed by atoms with E-state index in [0.29, 0.717) is 0 Å². The van der Waals surface area contributed by atoms with Crippen LogP contribution < -0.4 is 5.32 Å². The van der Waals surface area contributed by atoms with Crippen molar-refractivity contribution in [1.29, 1.82) is 0 Å². The van der Waals surface area contributed by atoms with E-state index in [1.165, 1.54) is 44.5 Å². The van der Waals surface area contributed by atoms with Gasteiger partial charge in [0.05, 0.1) is 11.1 Å². The van der Waals surface area contributed by atoms with Crippen LogP contribution in [0.1, 0.15) is 35.1 Å². The number of nitrogens with one attached hydrogen (secondary N) is 1. The number of fused-ring (bicyclic) bond motifs is 12. The van der Waals surface area contributed by atoms with Gasteiger partial charge in [-0.1, -0.05) is 103 Å². The number of para-hydroxylation sites is 1. The molecule has 0 fully saturated rings. The first-order chi connectivity index (χ1) is 22.3. The summed E-state index contributed by atoms with van der Waals surface area (Å²) in [5, 5.41) is 6.03. The Morgan fingerprint density at radius 2 is 1.40 bits per heavy atom. The normalized spacial score (nSPS) is 15.2. The minimum Gasteiger partial charge on any atom is -0.456 e. The lowest BCUT2D eigenvalue weighted by atomic mass is 9.69. The van der Waals surface area contributed by atoms with E-state index in [2.05, 4.69) is 139 Å². The first kappa shape index (κ1) is 24.6. The molecular formula is C43H27NO. The highest BCUT2D eigenvalue weighted by atomic mass is 16.3. The maximum Gasteiger partial charge on any atom is 0.136 e. The van der Waals surface area contributed by atoms with E-state index in [9.17, 15) is 0 Å². The van der Waals surface area contributed by atoms with Gasteiger partial charge in [0.25, 0.3) is 0 Å². The first-order valence-corrected chi connectivity index (χ1v) is 15.7. The van der Waals surface area contributed by atoms with Gasteiger partial charge in [0.15, 0.2) is 0 Å². The summed E-state index contributed by atoms with van der Waals surface area (Å²) in [4.78, 5) is 0. The molecule has 7 aromatic rings. The number of benzene rings is 5. The Bertz CT molecular complexity index is 2360. The highest BCUT2D eigenvalue weighted by molar-refractivity contribution is 6.06. The molecule has 210 valence electrons. The maximum absolute atomic E-state index is 6.14. The topological polar surface area (TPSA) is 25.2 Å². The van der Waals surface area contributed by atoms with Crippen molar-refractivity contribution in [2.45, 2.75) is 18.3 Å². The van der Waals surface area contributed by atoms with Crippen LogP contribution in [0.15, 0.2) is 143 Å². The molecule has 10 rings (SSSR count). The van der Waals surface area contributed by atoms with E-state index in [0.717, 1.165) is 57.3 Å². The molecule has 0 saturated heterocycles. The van der Waals surface area contributed by atoms with Gasteiger partial charge >= 0.3 is 0 Å². The minimum absolute atomic E-state index is 0.304. The van der Waals surface area contributed by atoms with Gasteiger partial charge in [-0.3, -0.25) is 0 Å². The van der Waals surface area contributed by atoms with Crippen molar-refractivity contribution in [3.63, 3.8) is 0 Å². The number of allylic oxidation sites excluding steroid dienone is 4. The van der Waals surface area contributed by atoms with Gasteiger partial charge in [-0.05, 0) is 99.8 Å². The third-order valence-electron chi connectivity index (χ3n) is 10.0.